The fourth-order valence-corrected chi connectivity index (χ4v) is 2.01. The molecule has 1 unspecified atom stereocenters. The monoisotopic (exact) mass is 251 g/mol. The molecule has 0 bridgehead atoms. The van der Waals surface area contributed by atoms with Crippen LogP contribution in [0.4, 0.5) is 0 Å². The van der Waals surface area contributed by atoms with Crippen LogP contribution in [0.3, 0.4) is 0 Å². The zero-order valence-corrected chi connectivity index (χ0v) is 11.6. The van der Waals surface area contributed by atoms with E-state index in [1.807, 2.05) is 13.1 Å². The molecule has 0 amide bonds. The van der Waals surface area contributed by atoms with Crippen LogP contribution in [0.2, 0.25) is 0 Å². The molecule has 1 rings (SSSR count). The number of likely N-dealkylation sites (N-methyl/N-ethyl adjacent to an activating group) is 1. The molecule has 1 aromatic carbocycles. The fourth-order valence-electron chi connectivity index (χ4n) is 2.01. The van der Waals surface area contributed by atoms with Crippen molar-refractivity contribution in [1.29, 1.82) is 0 Å². The Bertz CT molecular complexity index is 368. The van der Waals surface area contributed by atoms with Gasteiger partial charge in [-0.1, -0.05) is 19.1 Å². The number of benzene rings is 1. The van der Waals surface area contributed by atoms with Gasteiger partial charge in [-0.3, -0.25) is 0 Å². The molecule has 0 fully saturated rings. The maximum atomic E-state index is 5.86. The summed E-state index contributed by atoms with van der Waals surface area (Å²) in [7, 11) is 3.75. The van der Waals surface area contributed by atoms with Crippen molar-refractivity contribution in [3.05, 3.63) is 29.3 Å². The van der Waals surface area contributed by atoms with Gasteiger partial charge in [0.2, 0.25) is 0 Å². The Hall–Kier alpha value is -1.10. The molecule has 4 heteroatoms. The molecule has 0 radical (unpaired) electrons. The molecular formula is C14H25N3O. The van der Waals surface area contributed by atoms with Crippen LogP contribution in [0.5, 0.6) is 5.75 Å². The predicted octanol–water partition coefficient (Wildman–Crippen LogP) is 0.975. The number of nitrogens with zero attached hydrogens (tertiary/aromatic N) is 1. The van der Waals surface area contributed by atoms with Crippen molar-refractivity contribution in [1.82, 2.24) is 4.90 Å². The first-order valence-electron chi connectivity index (χ1n) is 6.40. The van der Waals surface area contributed by atoms with Crippen LogP contribution in [0.25, 0.3) is 0 Å². The van der Waals surface area contributed by atoms with E-state index in [0.29, 0.717) is 6.54 Å². The second-order valence-electron chi connectivity index (χ2n) is 4.69. The summed E-state index contributed by atoms with van der Waals surface area (Å²) in [5, 5.41) is 0. The van der Waals surface area contributed by atoms with Crippen molar-refractivity contribution < 1.29 is 4.74 Å². The first-order valence-corrected chi connectivity index (χ1v) is 6.40. The second-order valence-corrected chi connectivity index (χ2v) is 4.69. The lowest BCUT2D eigenvalue weighted by molar-refractivity contribution is 0.298. The van der Waals surface area contributed by atoms with Crippen LogP contribution in [0, 0.1) is 0 Å². The van der Waals surface area contributed by atoms with Crippen LogP contribution in [-0.2, 0) is 13.0 Å². The molecule has 4 N–H and O–H groups in total. The van der Waals surface area contributed by atoms with E-state index < -0.39 is 0 Å². The van der Waals surface area contributed by atoms with Gasteiger partial charge in [-0.15, -0.1) is 0 Å². The Morgan fingerprint density at radius 1 is 1.39 bits per heavy atom. The van der Waals surface area contributed by atoms with E-state index >= 15 is 0 Å². The van der Waals surface area contributed by atoms with Gasteiger partial charge in [-0.2, -0.15) is 0 Å². The lowest BCUT2D eigenvalue weighted by atomic mass is 10.1. The summed E-state index contributed by atoms with van der Waals surface area (Å²) in [6, 6.07) is 6.36. The van der Waals surface area contributed by atoms with Gasteiger partial charge < -0.3 is 21.1 Å². The van der Waals surface area contributed by atoms with Gasteiger partial charge in [0, 0.05) is 31.2 Å². The summed E-state index contributed by atoms with van der Waals surface area (Å²) < 4.78 is 5.39. The quantitative estimate of drug-likeness (QED) is 0.758. The Kier molecular flexibility index (Phi) is 6.12. The lowest BCUT2D eigenvalue weighted by Gasteiger charge is -2.21. The summed E-state index contributed by atoms with van der Waals surface area (Å²) in [4.78, 5) is 2.18. The van der Waals surface area contributed by atoms with Crippen molar-refractivity contribution in [3.63, 3.8) is 0 Å². The van der Waals surface area contributed by atoms with Crippen molar-refractivity contribution >= 4 is 0 Å². The predicted molar refractivity (Wildman–Crippen MR) is 75.7 cm³/mol. The third-order valence-electron chi connectivity index (χ3n) is 3.04. The highest BCUT2D eigenvalue weighted by molar-refractivity contribution is 5.37. The number of hydrogen-bond acceptors (Lipinski definition) is 4. The van der Waals surface area contributed by atoms with Gasteiger partial charge in [0.1, 0.15) is 5.75 Å². The molecule has 0 spiro atoms. The number of nitrogens with two attached hydrogens (primary N) is 2. The van der Waals surface area contributed by atoms with Crippen LogP contribution >= 0.6 is 0 Å². The van der Waals surface area contributed by atoms with Crippen molar-refractivity contribution in [3.8, 4) is 5.75 Å². The topological polar surface area (TPSA) is 64.5 Å². The minimum absolute atomic E-state index is 0.0235. The Balaban J connectivity index is 2.75. The first kappa shape index (κ1) is 15.0. The van der Waals surface area contributed by atoms with Gasteiger partial charge in [-0.05, 0) is 25.1 Å². The Morgan fingerprint density at radius 2 is 2.11 bits per heavy atom. The van der Waals surface area contributed by atoms with Gasteiger partial charge in [-0.25, -0.2) is 0 Å². The highest BCUT2D eigenvalue weighted by Crippen LogP contribution is 2.21. The van der Waals surface area contributed by atoms with Crippen LogP contribution in [0.15, 0.2) is 18.2 Å². The highest BCUT2D eigenvalue weighted by atomic mass is 16.5. The van der Waals surface area contributed by atoms with E-state index in [2.05, 4.69) is 24.0 Å². The average molecular weight is 251 g/mol. The van der Waals surface area contributed by atoms with Gasteiger partial charge >= 0.3 is 0 Å². The zero-order chi connectivity index (χ0) is 13.5. The summed E-state index contributed by atoms with van der Waals surface area (Å²) >= 11 is 0. The number of rotatable bonds is 7. The van der Waals surface area contributed by atoms with Crippen LogP contribution < -0.4 is 16.2 Å². The van der Waals surface area contributed by atoms with E-state index in [1.54, 1.807) is 7.11 Å². The zero-order valence-electron chi connectivity index (χ0n) is 11.6. The third kappa shape index (κ3) is 4.29. The Labute approximate surface area is 110 Å². The maximum Gasteiger partial charge on any atom is 0.123 e. The molecule has 0 saturated carbocycles. The molecule has 18 heavy (non-hydrogen) atoms. The number of methoxy groups -OCH3 is 1. The molecule has 0 aliphatic heterocycles. The van der Waals surface area contributed by atoms with Crippen molar-refractivity contribution in [2.45, 2.75) is 25.9 Å². The van der Waals surface area contributed by atoms with Crippen LogP contribution in [0.1, 0.15) is 18.1 Å². The molecule has 0 aromatic heterocycles. The summed E-state index contributed by atoms with van der Waals surface area (Å²) in [5.41, 5.74) is 13.9. The minimum Gasteiger partial charge on any atom is -0.496 e. The fraction of sp³-hybridized carbons (Fsp3) is 0.571. The average Bonchev–Trinajstić information content (AvgIpc) is 2.38. The van der Waals surface area contributed by atoms with Gasteiger partial charge in [0.15, 0.2) is 0 Å². The largest absolute Gasteiger partial charge is 0.496 e. The Morgan fingerprint density at radius 3 is 2.67 bits per heavy atom. The molecule has 0 aliphatic rings. The SMILES string of the molecule is CCc1ccc(OC)c(CN(C)CC(N)CN)c1. The normalized spacial score (nSPS) is 12.8. The molecule has 1 atom stereocenters. The summed E-state index contributed by atoms with van der Waals surface area (Å²) in [6.07, 6.45) is 1.03. The van der Waals surface area contributed by atoms with E-state index in [-0.39, 0.29) is 6.04 Å². The molecule has 0 saturated heterocycles. The molecule has 102 valence electrons. The van der Waals surface area contributed by atoms with Crippen molar-refractivity contribution in [2.75, 3.05) is 27.2 Å². The standard InChI is InChI=1S/C14H25N3O/c1-4-11-5-6-14(18-3)12(7-11)9-17(2)10-13(16)8-15/h5-7,13H,4,8-10,15-16H2,1-3H3. The summed E-state index contributed by atoms with van der Waals surface area (Å²) in [6.45, 7) is 4.27. The molecule has 0 heterocycles. The third-order valence-corrected chi connectivity index (χ3v) is 3.04. The molecular weight excluding hydrogens is 226 g/mol. The van der Waals surface area contributed by atoms with E-state index in [0.717, 1.165) is 25.3 Å². The smallest absolute Gasteiger partial charge is 0.123 e. The van der Waals surface area contributed by atoms with E-state index in [9.17, 15) is 0 Å². The second kappa shape index (κ2) is 7.36. The van der Waals surface area contributed by atoms with Crippen molar-refractivity contribution in [2.24, 2.45) is 11.5 Å². The maximum absolute atomic E-state index is 5.86. The lowest BCUT2D eigenvalue weighted by Crippen LogP contribution is -2.40. The summed E-state index contributed by atoms with van der Waals surface area (Å²) in [5.74, 6) is 0.931. The number of ether oxygens (including phenoxy) is 1. The van der Waals surface area contributed by atoms with Gasteiger partial charge in [0.05, 0.1) is 7.11 Å². The number of hydrogen-bond donors (Lipinski definition) is 2. The number of aryl methyl sites for hydroxylation is 1. The first-order chi connectivity index (χ1) is 8.60. The molecule has 1 aromatic rings. The molecule has 0 aliphatic carbocycles. The molecule has 4 nitrogen and oxygen atoms in total. The van der Waals surface area contributed by atoms with E-state index in [1.165, 1.54) is 11.1 Å². The minimum atomic E-state index is 0.0235. The highest BCUT2D eigenvalue weighted by Gasteiger charge is 2.09. The van der Waals surface area contributed by atoms with Gasteiger partial charge in [0.25, 0.3) is 0 Å². The van der Waals surface area contributed by atoms with Crippen LogP contribution in [-0.4, -0.2) is 38.2 Å². The van der Waals surface area contributed by atoms with E-state index in [4.69, 9.17) is 16.2 Å².